The van der Waals surface area contributed by atoms with E-state index in [0.717, 1.165) is 5.69 Å². The average Bonchev–Trinajstić information content (AvgIpc) is 2.39. The molecular weight excluding hydrogens is 268 g/mol. The first-order chi connectivity index (χ1) is 9.12. The molecule has 2 aromatic rings. The number of methoxy groups -OCH3 is 3. The summed E-state index contributed by atoms with van der Waals surface area (Å²) in [5.41, 5.74) is 7.91. The largest absolute Gasteiger partial charge is 0.494 e. The molecule has 0 aliphatic rings. The number of nitrogen functional groups attached to an aromatic ring is 1. The summed E-state index contributed by atoms with van der Waals surface area (Å²) in [6.07, 6.45) is 0. The molecule has 19 heavy (non-hydrogen) atoms. The Morgan fingerprint density at radius 3 is 2.53 bits per heavy atom. The van der Waals surface area contributed by atoms with Gasteiger partial charge in [0.2, 0.25) is 0 Å². The number of halogens is 1. The van der Waals surface area contributed by atoms with E-state index in [-0.39, 0.29) is 0 Å². The van der Waals surface area contributed by atoms with Crippen LogP contribution >= 0.6 is 11.6 Å². The van der Waals surface area contributed by atoms with E-state index in [1.165, 1.54) is 7.11 Å². The van der Waals surface area contributed by atoms with Crippen LogP contribution in [0.15, 0.2) is 12.1 Å². The minimum absolute atomic E-state index is 0.369. The van der Waals surface area contributed by atoms with Gasteiger partial charge in [-0.3, -0.25) is 0 Å². The fraction of sp³-hybridized carbons (Fsp3) is 0.308. The summed E-state index contributed by atoms with van der Waals surface area (Å²) in [4.78, 5) is 4.48. The van der Waals surface area contributed by atoms with Gasteiger partial charge in [-0.25, -0.2) is 4.98 Å². The normalized spacial score (nSPS) is 10.7. The molecule has 0 aliphatic carbocycles. The highest BCUT2D eigenvalue weighted by molar-refractivity contribution is 6.34. The predicted molar refractivity (Wildman–Crippen MR) is 75.0 cm³/mol. The van der Waals surface area contributed by atoms with E-state index in [2.05, 4.69) is 4.98 Å². The number of nitrogens with two attached hydrogens (primary N) is 1. The lowest BCUT2D eigenvalue weighted by Gasteiger charge is -2.14. The van der Waals surface area contributed by atoms with Gasteiger partial charge in [-0.05, 0) is 6.07 Å². The summed E-state index contributed by atoms with van der Waals surface area (Å²) >= 11 is 6.15. The fourth-order valence-electron chi connectivity index (χ4n) is 1.98. The van der Waals surface area contributed by atoms with E-state index in [1.54, 1.807) is 26.4 Å². The Morgan fingerprint density at radius 2 is 1.95 bits per heavy atom. The molecular formula is C13H15ClN2O3. The SMILES string of the molecule is COCc1cc(N)c2c(OC)c(Cl)cc(OC)c2n1. The van der Waals surface area contributed by atoms with E-state index < -0.39 is 0 Å². The Hall–Kier alpha value is -1.72. The Kier molecular flexibility index (Phi) is 3.97. The molecule has 0 radical (unpaired) electrons. The number of anilines is 1. The highest BCUT2D eigenvalue weighted by Gasteiger charge is 2.17. The molecule has 5 nitrogen and oxygen atoms in total. The zero-order valence-corrected chi connectivity index (χ0v) is 11.7. The topological polar surface area (TPSA) is 66.6 Å². The van der Waals surface area contributed by atoms with Gasteiger partial charge in [-0.15, -0.1) is 0 Å². The average molecular weight is 283 g/mol. The molecule has 0 fully saturated rings. The lowest BCUT2D eigenvalue weighted by molar-refractivity contribution is 0.182. The molecule has 0 saturated carbocycles. The van der Waals surface area contributed by atoms with Crippen molar-refractivity contribution in [3.63, 3.8) is 0 Å². The van der Waals surface area contributed by atoms with Crippen LogP contribution < -0.4 is 15.2 Å². The van der Waals surface area contributed by atoms with Crippen molar-refractivity contribution in [3.05, 3.63) is 22.8 Å². The zero-order valence-electron chi connectivity index (χ0n) is 11.0. The lowest BCUT2D eigenvalue weighted by atomic mass is 10.1. The summed E-state index contributed by atoms with van der Waals surface area (Å²) < 4.78 is 15.7. The van der Waals surface area contributed by atoms with Crippen molar-refractivity contribution in [1.29, 1.82) is 0 Å². The van der Waals surface area contributed by atoms with Gasteiger partial charge in [-0.2, -0.15) is 0 Å². The number of nitrogens with zero attached hydrogens (tertiary/aromatic N) is 1. The number of pyridine rings is 1. The number of fused-ring (bicyclic) bond motifs is 1. The minimum Gasteiger partial charge on any atom is -0.494 e. The van der Waals surface area contributed by atoms with E-state index in [0.29, 0.717) is 39.7 Å². The molecule has 6 heteroatoms. The van der Waals surface area contributed by atoms with Crippen LogP contribution in [0.4, 0.5) is 5.69 Å². The van der Waals surface area contributed by atoms with Crippen LogP contribution in [0.3, 0.4) is 0 Å². The number of rotatable bonds is 4. The first-order valence-electron chi connectivity index (χ1n) is 5.60. The molecule has 0 bridgehead atoms. The van der Waals surface area contributed by atoms with Crippen molar-refractivity contribution in [2.45, 2.75) is 6.61 Å². The van der Waals surface area contributed by atoms with Crippen LogP contribution in [0.25, 0.3) is 10.9 Å². The molecule has 1 heterocycles. The zero-order chi connectivity index (χ0) is 14.0. The number of hydrogen-bond acceptors (Lipinski definition) is 5. The van der Waals surface area contributed by atoms with E-state index in [1.807, 2.05) is 0 Å². The van der Waals surface area contributed by atoms with Gasteiger partial charge in [0.1, 0.15) is 17.0 Å². The Balaban J connectivity index is 2.83. The number of ether oxygens (including phenoxy) is 3. The van der Waals surface area contributed by atoms with E-state index in [9.17, 15) is 0 Å². The van der Waals surface area contributed by atoms with Crippen LogP contribution in [-0.2, 0) is 11.3 Å². The molecule has 2 rings (SSSR count). The second-order valence-electron chi connectivity index (χ2n) is 3.95. The van der Waals surface area contributed by atoms with Gasteiger partial charge < -0.3 is 19.9 Å². The molecule has 1 aromatic carbocycles. The second-order valence-corrected chi connectivity index (χ2v) is 4.36. The first kappa shape index (κ1) is 13.7. The van der Waals surface area contributed by atoms with Crippen LogP contribution in [0.1, 0.15) is 5.69 Å². The molecule has 102 valence electrons. The van der Waals surface area contributed by atoms with Crippen LogP contribution in [0.2, 0.25) is 5.02 Å². The van der Waals surface area contributed by atoms with Crippen molar-refractivity contribution in [2.24, 2.45) is 0 Å². The van der Waals surface area contributed by atoms with Crippen LogP contribution in [-0.4, -0.2) is 26.3 Å². The predicted octanol–water partition coefficient (Wildman–Crippen LogP) is 2.63. The molecule has 2 N–H and O–H groups in total. The highest BCUT2D eigenvalue weighted by atomic mass is 35.5. The first-order valence-corrected chi connectivity index (χ1v) is 5.98. The number of hydrogen-bond donors (Lipinski definition) is 1. The third-order valence-corrected chi connectivity index (χ3v) is 3.04. The van der Waals surface area contributed by atoms with Crippen LogP contribution in [0, 0.1) is 0 Å². The van der Waals surface area contributed by atoms with E-state index in [4.69, 9.17) is 31.5 Å². The molecule has 1 aromatic heterocycles. The monoisotopic (exact) mass is 282 g/mol. The third kappa shape index (κ3) is 2.39. The van der Waals surface area contributed by atoms with Gasteiger partial charge in [-0.1, -0.05) is 11.6 Å². The maximum absolute atomic E-state index is 6.15. The molecule has 0 spiro atoms. The lowest BCUT2D eigenvalue weighted by Crippen LogP contribution is -2.01. The summed E-state index contributed by atoms with van der Waals surface area (Å²) in [5, 5.41) is 1.08. The standard InChI is InChI=1S/C13H15ClN2O3/c1-17-6-7-4-9(15)11-12(16-7)10(18-2)5-8(14)13(11)19-3/h4-5H,6H2,1-3H3,(H2,15,16). The third-order valence-electron chi connectivity index (χ3n) is 2.75. The molecule has 0 atom stereocenters. The van der Waals surface area contributed by atoms with Gasteiger partial charge in [0.05, 0.1) is 36.9 Å². The van der Waals surface area contributed by atoms with Gasteiger partial charge in [0, 0.05) is 18.9 Å². The van der Waals surface area contributed by atoms with Crippen molar-refractivity contribution in [1.82, 2.24) is 4.98 Å². The van der Waals surface area contributed by atoms with Crippen molar-refractivity contribution >= 4 is 28.2 Å². The molecule has 0 aliphatic heterocycles. The highest BCUT2D eigenvalue weighted by Crippen LogP contribution is 2.41. The van der Waals surface area contributed by atoms with Gasteiger partial charge in [0.15, 0.2) is 0 Å². The summed E-state index contributed by atoms with van der Waals surface area (Å²) in [5.74, 6) is 1.04. The van der Waals surface area contributed by atoms with Gasteiger partial charge >= 0.3 is 0 Å². The number of aromatic nitrogens is 1. The van der Waals surface area contributed by atoms with Crippen molar-refractivity contribution in [3.8, 4) is 11.5 Å². The van der Waals surface area contributed by atoms with Crippen molar-refractivity contribution in [2.75, 3.05) is 27.1 Å². The Bertz CT molecular complexity index is 617. The summed E-state index contributed by atoms with van der Waals surface area (Å²) in [6.45, 7) is 0.369. The Morgan fingerprint density at radius 1 is 1.21 bits per heavy atom. The maximum Gasteiger partial charge on any atom is 0.149 e. The molecule has 0 amide bonds. The van der Waals surface area contributed by atoms with Gasteiger partial charge in [0.25, 0.3) is 0 Å². The molecule has 0 unspecified atom stereocenters. The number of benzene rings is 1. The maximum atomic E-state index is 6.15. The quantitative estimate of drug-likeness (QED) is 0.934. The fourth-order valence-corrected chi connectivity index (χ4v) is 2.25. The second kappa shape index (κ2) is 5.50. The summed E-state index contributed by atoms with van der Waals surface area (Å²) in [6, 6.07) is 3.40. The van der Waals surface area contributed by atoms with E-state index >= 15 is 0 Å². The molecule has 0 saturated heterocycles. The Labute approximate surface area is 116 Å². The van der Waals surface area contributed by atoms with Crippen LogP contribution in [0.5, 0.6) is 11.5 Å². The van der Waals surface area contributed by atoms with Crippen molar-refractivity contribution < 1.29 is 14.2 Å². The summed E-state index contributed by atoms with van der Waals surface area (Å²) in [7, 11) is 4.69. The smallest absolute Gasteiger partial charge is 0.149 e. The minimum atomic E-state index is 0.369.